The summed E-state index contributed by atoms with van der Waals surface area (Å²) in [5.74, 6) is 0.649. The van der Waals surface area contributed by atoms with Gasteiger partial charge in [0.1, 0.15) is 12.4 Å². The highest BCUT2D eigenvalue weighted by molar-refractivity contribution is 7.89. The average molecular weight is 365 g/mol. The fraction of sp³-hybridized carbons (Fsp3) is 0.600. The Morgan fingerprint density at radius 3 is 2.57 bits per heavy atom. The monoisotopic (exact) mass is 364 g/mol. The van der Waals surface area contributed by atoms with Gasteiger partial charge in [0, 0.05) is 26.2 Å². The van der Waals surface area contributed by atoms with Gasteiger partial charge in [0.25, 0.3) is 0 Å². The molecular formula is C15H25ClN2O4S. The molecule has 1 heterocycles. The van der Waals surface area contributed by atoms with Gasteiger partial charge in [-0.3, -0.25) is 0 Å². The lowest BCUT2D eigenvalue weighted by Crippen LogP contribution is -2.34. The molecule has 1 aliphatic rings. The minimum Gasteiger partial charge on any atom is -0.491 e. The zero-order valence-electron chi connectivity index (χ0n) is 13.4. The van der Waals surface area contributed by atoms with Crippen molar-refractivity contribution in [3.05, 3.63) is 24.3 Å². The van der Waals surface area contributed by atoms with Gasteiger partial charge in [-0.1, -0.05) is 0 Å². The summed E-state index contributed by atoms with van der Waals surface area (Å²) >= 11 is 0. The number of rotatable bonds is 7. The topological polar surface area (TPSA) is 67.9 Å². The largest absolute Gasteiger partial charge is 0.491 e. The second kappa shape index (κ2) is 10.1. The molecular weight excluding hydrogens is 340 g/mol. The summed E-state index contributed by atoms with van der Waals surface area (Å²) in [7, 11) is -3.42. The van der Waals surface area contributed by atoms with Crippen LogP contribution in [0.2, 0.25) is 0 Å². The van der Waals surface area contributed by atoms with Crippen LogP contribution in [0.5, 0.6) is 5.75 Å². The Morgan fingerprint density at radius 1 is 1.13 bits per heavy atom. The standard InChI is InChI=1S/C15H24N2O4S.ClH/c1-2-20-12-13-21-14-4-6-15(7-5-14)22(18,19)17-10-3-8-16-9-11-17;/h4-7,16H,2-3,8-13H2,1H3;1H. The van der Waals surface area contributed by atoms with Gasteiger partial charge in [-0.25, -0.2) is 8.42 Å². The zero-order valence-corrected chi connectivity index (χ0v) is 15.0. The van der Waals surface area contributed by atoms with Crippen LogP contribution in [0, 0.1) is 0 Å². The molecule has 0 aromatic heterocycles. The predicted molar refractivity (Wildman–Crippen MR) is 91.9 cm³/mol. The van der Waals surface area contributed by atoms with Crippen molar-refractivity contribution in [2.45, 2.75) is 18.2 Å². The molecule has 1 aliphatic heterocycles. The summed E-state index contributed by atoms with van der Waals surface area (Å²) in [4.78, 5) is 0.312. The van der Waals surface area contributed by atoms with Crippen LogP contribution in [0.15, 0.2) is 29.2 Å². The van der Waals surface area contributed by atoms with Gasteiger partial charge >= 0.3 is 0 Å². The fourth-order valence-corrected chi connectivity index (χ4v) is 3.76. The zero-order chi connectivity index (χ0) is 15.8. The third kappa shape index (κ3) is 5.93. The Hall–Kier alpha value is -0.860. The number of ether oxygens (including phenoxy) is 2. The summed E-state index contributed by atoms with van der Waals surface area (Å²) in [6, 6.07) is 6.58. The molecule has 1 N–H and O–H groups in total. The first kappa shape index (κ1) is 20.2. The Balaban J connectivity index is 0.00000264. The third-order valence-corrected chi connectivity index (χ3v) is 5.37. The van der Waals surface area contributed by atoms with Crippen molar-refractivity contribution in [1.29, 1.82) is 0 Å². The second-order valence-electron chi connectivity index (χ2n) is 5.02. The SMILES string of the molecule is CCOCCOc1ccc(S(=O)(=O)N2CCCNCC2)cc1.Cl. The van der Waals surface area contributed by atoms with Crippen molar-refractivity contribution in [3.63, 3.8) is 0 Å². The normalized spacial score (nSPS) is 16.4. The minimum atomic E-state index is -3.42. The highest BCUT2D eigenvalue weighted by Crippen LogP contribution is 2.20. The summed E-state index contributed by atoms with van der Waals surface area (Å²) < 4.78 is 37.4. The molecule has 23 heavy (non-hydrogen) atoms. The molecule has 0 unspecified atom stereocenters. The van der Waals surface area contributed by atoms with Crippen LogP contribution in [-0.4, -0.2) is 58.7 Å². The van der Waals surface area contributed by atoms with E-state index in [4.69, 9.17) is 9.47 Å². The Morgan fingerprint density at radius 2 is 1.87 bits per heavy atom. The highest BCUT2D eigenvalue weighted by atomic mass is 35.5. The van der Waals surface area contributed by atoms with Gasteiger partial charge < -0.3 is 14.8 Å². The van der Waals surface area contributed by atoms with Gasteiger partial charge in [-0.15, -0.1) is 12.4 Å². The number of nitrogens with one attached hydrogen (secondary N) is 1. The number of nitrogens with zero attached hydrogens (tertiary/aromatic N) is 1. The molecule has 1 aromatic rings. The minimum absolute atomic E-state index is 0. The van der Waals surface area contributed by atoms with E-state index in [1.807, 2.05) is 6.92 Å². The predicted octanol–water partition coefficient (Wildman–Crippen LogP) is 1.51. The lowest BCUT2D eigenvalue weighted by Gasteiger charge is -2.19. The Bertz CT molecular complexity index is 543. The maximum atomic E-state index is 12.6. The third-order valence-electron chi connectivity index (χ3n) is 3.46. The van der Waals surface area contributed by atoms with E-state index >= 15 is 0 Å². The van der Waals surface area contributed by atoms with Gasteiger partial charge in [0.2, 0.25) is 10.0 Å². The van der Waals surface area contributed by atoms with Crippen molar-refractivity contribution >= 4 is 22.4 Å². The molecule has 2 rings (SSSR count). The van der Waals surface area contributed by atoms with E-state index in [9.17, 15) is 8.42 Å². The lowest BCUT2D eigenvalue weighted by atomic mass is 10.3. The van der Waals surface area contributed by atoms with Crippen LogP contribution in [0.4, 0.5) is 0 Å². The molecule has 0 amide bonds. The molecule has 1 aromatic carbocycles. The van der Waals surface area contributed by atoms with Crippen LogP contribution in [0.3, 0.4) is 0 Å². The Kier molecular flexibility index (Phi) is 8.86. The van der Waals surface area contributed by atoms with Crippen molar-refractivity contribution in [2.24, 2.45) is 0 Å². The van der Waals surface area contributed by atoms with Crippen LogP contribution in [-0.2, 0) is 14.8 Å². The number of benzene rings is 1. The quantitative estimate of drug-likeness (QED) is 0.743. The molecule has 0 spiro atoms. The molecule has 0 bridgehead atoms. The van der Waals surface area contributed by atoms with Gasteiger partial charge in [-0.05, 0) is 44.2 Å². The molecule has 0 aliphatic carbocycles. The summed E-state index contributed by atoms with van der Waals surface area (Å²) in [6.45, 7) is 6.19. The van der Waals surface area contributed by atoms with Crippen LogP contribution < -0.4 is 10.1 Å². The maximum Gasteiger partial charge on any atom is 0.243 e. The molecule has 132 valence electrons. The molecule has 0 radical (unpaired) electrons. The van der Waals surface area contributed by atoms with E-state index in [-0.39, 0.29) is 12.4 Å². The summed E-state index contributed by atoms with van der Waals surface area (Å²) in [5, 5.41) is 3.21. The van der Waals surface area contributed by atoms with E-state index in [1.165, 1.54) is 4.31 Å². The number of hydrogen-bond donors (Lipinski definition) is 1. The first-order chi connectivity index (χ1) is 10.6. The summed E-state index contributed by atoms with van der Waals surface area (Å²) in [6.07, 6.45) is 0.831. The van der Waals surface area contributed by atoms with Gasteiger partial charge in [0.05, 0.1) is 11.5 Å². The highest BCUT2D eigenvalue weighted by Gasteiger charge is 2.24. The average Bonchev–Trinajstić information content (AvgIpc) is 2.82. The lowest BCUT2D eigenvalue weighted by molar-refractivity contribution is 0.110. The van der Waals surface area contributed by atoms with E-state index in [0.717, 1.165) is 13.0 Å². The Labute approximate surface area is 144 Å². The molecule has 8 heteroatoms. The first-order valence-electron chi connectivity index (χ1n) is 7.66. The number of sulfonamides is 1. The van der Waals surface area contributed by atoms with Crippen molar-refractivity contribution in [2.75, 3.05) is 46.0 Å². The number of halogens is 1. The maximum absolute atomic E-state index is 12.6. The summed E-state index contributed by atoms with van der Waals surface area (Å²) in [5.41, 5.74) is 0. The van der Waals surface area contributed by atoms with Crippen LogP contribution >= 0.6 is 12.4 Å². The second-order valence-corrected chi connectivity index (χ2v) is 6.96. The van der Waals surface area contributed by atoms with Crippen molar-refractivity contribution < 1.29 is 17.9 Å². The van der Waals surface area contributed by atoms with Crippen molar-refractivity contribution in [1.82, 2.24) is 9.62 Å². The first-order valence-corrected chi connectivity index (χ1v) is 9.10. The van der Waals surface area contributed by atoms with Crippen LogP contribution in [0.25, 0.3) is 0 Å². The van der Waals surface area contributed by atoms with E-state index < -0.39 is 10.0 Å². The molecule has 0 atom stereocenters. The smallest absolute Gasteiger partial charge is 0.243 e. The van der Waals surface area contributed by atoms with Crippen molar-refractivity contribution in [3.8, 4) is 5.75 Å². The van der Waals surface area contributed by atoms with Gasteiger partial charge in [0.15, 0.2) is 0 Å². The van der Waals surface area contributed by atoms with E-state index in [1.54, 1.807) is 24.3 Å². The van der Waals surface area contributed by atoms with E-state index in [2.05, 4.69) is 5.32 Å². The number of hydrogen-bond acceptors (Lipinski definition) is 5. The van der Waals surface area contributed by atoms with Crippen LogP contribution in [0.1, 0.15) is 13.3 Å². The molecule has 1 saturated heterocycles. The molecule has 0 saturated carbocycles. The fourth-order valence-electron chi connectivity index (χ4n) is 2.28. The molecule has 1 fully saturated rings. The van der Waals surface area contributed by atoms with Gasteiger partial charge in [-0.2, -0.15) is 4.31 Å². The molecule has 6 nitrogen and oxygen atoms in total. The van der Waals surface area contributed by atoms with E-state index in [0.29, 0.717) is 50.1 Å².